The minimum absolute atomic E-state index is 0.0879. The van der Waals surface area contributed by atoms with Crippen molar-refractivity contribution in [1.82, 2.24) is 10.3 Å². The molecular formula is C21H19F3N2O3. The zero-order valence-corrected chi connectivity index (χ0v) is 15.6. The van der Waals surface area contributed by atoms with E-state index in [4.69, 9.17) is 0 Å². The molecule has 0 aliphatic heterocycles. The van der Waals surface area contributed by atoms with Crippen molar-refractivity contribution in [2.45, 2.75) is 25.9 Å². The average Bonchev–Trinajstić information content (AvgIpc) is 2.66. The Balaban J connectivity index is 1.74. The van der Waals surface area contributed by atoms with Gasteiger partial charge in [0.15, 0.2) is 5.75 Å². The first kappa shape index (κ1) is 20.4. The van der Waals surface area contributed by atoms with Crippen LogP contribution in [0, 0.1) is 6.92 Å². The van der Waals surface area contributed by atoms with Gasteiger partial charge in [0.1, 0.15) is 0 Å². The number of carbonyl (C=O) groups excluding carboxylic acids is 1. The summed E-state index contributed by atoms with van der Waals surface area (Å²) in [4.78, 5) is 27.0. The minimum atomic E-state index is -4.44. The molecule has 0 atom stereocenters. The molecule has 1 amide bonds. The van der Waals surface area contributed by atoms with Gasteiger partial charge in [-0.3, -0.25) is 9.59 Å². The number of hydrogen-bond acceptors (Lipinski definition) is 3. The highest BCUT2D eigenvalue weighted by Gasteiger charge is 2.32. The Bertz CT molecular complexity index is 1120. The van der Waals surface area contributed by atoms with Gasteiger partial charge in [0.25, 0.3) is 11.5 Å². The van der Waals surface area contributed by atoms with Crippen LogP contribution in [0.15, 0.2) is 47.3 Å². The number of carbonyl (C=O) groups is 1. The molecule has 3 N–H and O–H groups in total. The molecule has 29 heavy (non-hydrogen) atoms. The molecule has 0 saturated heterocycles. The lowest BCUT2D eigenvalue weighted by Gasteiger charge is -2.13. The third-order valence-corrected chi connectivity index (χ3v) is 4.60. The zero-order valence-electron chi connectivity index (χ0n) is 15.6. The maximum atomic E-state index is 13.0. The molecule has 0 spiro atoms. The Morgan fingerprint density at radius 3 is 2.62 bits per heavy atom. The normalized spacial score (nSPS) is 11.6. The summed E-state index contributed by atoms with van der Waals surface area (Å²) in [5.74, 6) is -1.35. The number of pyridine rings is 1. The standard InChI is InChI=1S/C21H19F3N2O3/c1-12-8-9-16-14(11-12)17(18(27)20(29)26-16)19(28)25-10-4-6-13-5-2-3-7-15(13)21(22,23)24/h2-3,5,7-9,11,27H,4,6,10H2,1H3,(H,25,28)(H,26,29). The summed E-state index contributed by atoms with van der Waals surface area (Å²) < 4.78 is 39.1. The quantitative estimate of drug-likeness (QED) is 0.564. The molecule has 152 valence electrons. The number of aromatic hydroxyl groups is 1. The number of nitrogens with one attached hydrogen (secondary N) is 2. The second kappa shape index (κ2) is 7.98. The van der Waals surface area contributed by atoms with Crippen LogP contribution in [-0.2, 0) is 12.6 Å². The molecule has 3 rings (SSSR count). The molecule has 1 aromatic heterocycles. The van der Waals surface area contributed by atoms with Crippen molar-refractivity contribution >= 4 is 16.8 Å². The second-order valence-corrected chi connectivity index (χ2v) is 6.74. The summed E-state index contributed by atoms with van der Waals surface area (Å²) >= 11 is 0. The zero-order chi connectivity index (χ0) is 21.2. The largest absolute Gasteiger partial charge is 0.502 e. The van der Waals surface area contributed by atoms with E-state index >= 15 is 0 Å². The highest BCUT2D eigenvalue weighted by atomic mass is 19.4. The molecule has 0 radical (unpaired) electrons. The number of aromatic nitrogens is 1. The van der Waals surface area contributed by atoms with E-state index in [1.165, 1.54) is 18.2 Å². The van der Waals surface area contributed by atoms with Crippen LogP contribution in [0.3, 0.4) is 0 Å². The molecule has 0 aliphatic rings. The first-order valence-electron chi connectivity index (χ1n) is 8.97. The van der Waals surface area contributed by atoms with Crippen LogP contribution >= 0.6 is 0 Å². The van der Waals surface area contributed by atoms with Gasteiger partial charge >= 0.3 is 6.18 Å². The second-order valence-electron chi connectivity index (χ2n) is 6.74. The van der Waals surface area contributed by atoms with Gasteiger partial charge in [-0.25, -0.2) is 0 Å². The Labute approximate surface area is 164 Å². The third-order valence-electron chi connectivity index (χ3n) is 4.60. The van der Waals surface area contributed by atoms with Gasteiger partial charge < -0.3 is 15.4 Å². The van der Waals surface area contributed by atoms with E-state index in [1.807, 2.05) is 0 Å². The van der Waals surface area contributed by atoms with E-state index in [0.717, 1.165) is 11.6 Å². The fraction of sp³-hybridized carbons (Fsp3) is 0.238. The van der Waals surface area contributed by atoms with Crippen molar-refractivity contribution in [3.05, 3.63) is 75.1 Å². The van der Waals surface area contributed by atoms with Crippen LogP contribution < -0.4 is 10.9 Å². The van der Waals surface area contributed by atoms with Crippen LogP contribution in [0.4, 0.5) is 13.2 Å². The van der Waals surface area contributed by atoms with Crippen molar-refractivity contribution in [3.8, 4) is 5.75 Å². The molecule has 5 nitrogen and oxygen atoms in total. The van der Waals surface area contributed by atoms with E-state index in [-0.39, 0.29) is 30.5 Å². The average molecular weight is 404 g/mol. The molecule has 0 saturated carbocycles. The van der Waals surface area contributed by atoms with Crippen molar-refractivity contribution in [2.75, 3.05) is 6.54 Å². The molecule has 2 aromatic carbocycles. The van der Waals surface area contributed by atoms with Gasteiger partial charge in [-0.05, 0) is 43.5 Å². The molecule has 1 heterocycles. The highest BCUT2D eigenvalue weighted by Crippen LogP contribution is 2.32. The van der Waals surface area contributed by atoms with Gasteiger partial charge in [0, 0.05) is 17.4 Å². The predicted molar refractivity (Wildman–Crippen MR) is 103 cm³/mol. The lowest BCUT2D eigenvalue weighted by atomic mass is 10.0. The minimum Gasteiger partial charge on any atom is -0.502 e. The van der Waals surface area contributed by atoms with Crippen LogP contribution in [-0.4, -0.2) is 22.5 Å². The summed E-state index contributed by atoms with van der Waals surface area (Å²) in [6.07, 6.45) is -4.05. The number of amides is 1. The number of H-pyrrole nitrogens is 1. The fourth-order valence-electron chi connectivity index (χ4n) is 3.21. The first-order valence-corrected chi connectivity index (χ1v) is 8.97. The van der Waals surface area contributed by atoms with Crippen LogP contribution in [0.25, 0.3) is 10.9 Å². The summed E-state index contributed by atoms with van der Waals surface area (Å²) in [6.45, 7) is 1.89. The van der Waals surface area contributed by atoms with Gasteiger partial charge in [0.05, 0.1) is 11.1 Å². The lowest BCUT2D eigenvalue weighted by molar-refractivity contribution is -0.138. The molecule has 0 unspecified atom stereocenters. The number of aryl methyl sites for hydroxylation is 2. The number of aromatic amines is 1. The lowest BCUT2D eigenvalue weighted by Crippen LogP contribution is -2.27. The van der Waals surface area contributed by atoms with Gasteiger partial charge in [0.2, 0.25) is 0 Å². The van der Waals surface area contributed by atoms with Gasteiger partial charge in [-0.15, -0.1) is 0 Å². The fourth-order valence-corrected chi connectivity index (χ4v) is 3.21. The van der Waals surface area contributed by atoms with E-state index in [0.29, 0.717) is 10.9 Å². The van der Waals surface area contributed by atoms with E-state index in [1.54, 1.807) is 25.1 Å². The van der Waals surface area contributed by atoms with Crippen molar-refractivity contribution < 1.29 is 23.1 Å². The first-order chi connectivity index (χ1) is 13.7. The van der Waals surface area contributed by atoms with Crippen molar-refractivity contribution in [1.29, 1.82) is 0 Å². The summed E-state index contributed by atoms with van der Waals surface area (Å²) in [6, 6.07) is 10.4. The number of fused-ring (bicyclic) bond motifs is 1. The maximum Gasteiger partial charge on any atom is 0.416 e. The Morgan fingerprint density at radius 1 is 1.17 bits per heavy atom. The number of rotatable bonds is 5. The summed E-state index contributed by atoms with van der Waals surface area (Å²) in [7, 11) is 0. The van der Waals surface area contributed by atoms with Crippen LogP contribution in [0.2, 0.25) is 0 Å². The molecule has 8 heteroatoms. The Hall–Kier alpha value is -3.29. The number of alkyl halides is 3. The molecular weight excluding hydrogens is 385 g/mol. The van der Waals surface area contributed by atoms with Gasteiger partial charge in [-0.2, -0.15) is 13.2 Å². The number of benzene rings is 2. The van der Waals surface area contributed by atoms with Crippen LogP contribution in [0.5, 0.6) is 5.75 Å². The van der Waals surface area contributed by atoms with E-state index < -0.39 is 29.0 Å². The SMILES string of the molecule is Cc1ccc2[nH]c(=O)c(O)c(C(=O)NCCCc3ccccc3C(F)(F)F)c2c1. The molecule has 0 aliphatic carbocycles. The van der Waals surface area contributed by atoms with Crippen molar-refractivity contribution in [3.63, 3.8) is 0 Å². The Morgan fingerprint density at radius 2 is 1.90 bits per heavy atom. The van der Waals surface area contributed by atoms with Crippen molar-refractivity contribution in [2.24, 2.45) is 0 Å². The van der Waals surface area contributed by atoms with E-state index in [2.05, 4.69) is 10.3 Å². The third kappa shape index (κ3) is 4.42. The molecule has 0 bridgehead atoms. The number of hydrogen-bond donors (Lipinski definition) is 3. The predicted octanol–water partition coefficient (Wildman–Crippen LogP) is 3.92. The monoisotopic (exact) mass is 404 g/mol. The van der Waals surface area contributed by atoms with E-state index in [9.17, 15) is 27.9 Å². The molecule has 3 aromatic rings. The maximum absolute atomic E-state index is 13.0. The highest BCUT2D eigenvalue weighted by molar-refractivity contribution is 6.08. The molecule has 0 fully saturated rings. The Kier molecular flexibility index (Phi) is 5.63. The van der Waals surface area contributed by atoms with Crippen LogP contribution in [0.1, 0.15) is 33.5 Å². The smallest absolute Gasteiger partial charge is 0.416 e. The van der Waals surface area contributed by atoms with Gasteiger partial charge in [-0.1, -0.05) is 29.8 Å². The summed E-state index contributed by atoms with van der Waals surface area (Å²) in [5, 5.41) is 13.1. The number of halogens is 3. The summed E-state index contributed by atoms with van der Waals surface area (Å²) in [5.41, 5.74) is -0.243. The topological polar surface area (TPSA) is 82.2 Å².